The number of nitrogens with two attached hydrogens (primary N) is 1. The van der Waals surface area contributed by atoms with Crippen molar-refractivity contribution in [1.29, 1.82) is 0 Å². The smallest absolute Gasteiger partial charge is 0.302 e. The van der Waals surface area contributed by atoms with Crippen LogP contribution < -0.4 is 5.73 Å². The summed E-state index contributed by atoms with van der Waals surface area (Å²) in [5.74, 6) is 0.0317. The Morgan fingerprint density at radius 1 is 1.78 bits per heavy atom. The normalized spacial score (nSPS) is 12.8. The Labute approximate surface area is 55.2 Å². The van der Waals surface area contributed by atoms with Gasteiger partial charge in [-0.3, -0.25) is 4.79 Å². The third-order valence-corrected chi connectivity index (χ3v) is 0.973. The van der Waals surface area contributed by atoms with E-state index in [9.17, 15) is 4.79 Å². The van der Waals surface area contributed by atoms with Crippen molar-refractivity contribution in [1.82, 2.24) is 0 Å². The molecule has 0 amide bonds. The fraction of sp³-hybridized carbons (Fsp3) is 0.833. The van der Waals surface area contributed by atoms with Crippen molar-refractivity contribution in [3.05, 3.63) is 0 Å². The average Bonchev–Trinajstić information content (AvgIpc) is 1.83. The van der Waals surface area contributed by atoms with Gasteiger partial charge in [0.1, 0.15) is 0 Å². The van der Waals surface area contributed by atoms with Gasteiger partial charge in [0.25, 0.3) is 0 Å². The topological polar surface area (TPSA) is 52.3 Å². The number of rotatable bonds is 3. The predicted molar refractivity (Wildman–Crippen MR) is 34.9 cm³/mol. The molecule has 1 unspecified atom stereocenters. The maximum Gasteiger partial charge on any atom is 0.302 e. The second-order valence-electron chi connectivity index (χ2n) is 2.14. The van der Waals surface area contributed by atoms with Crippen LogP contribution in [0.2, 0.25) is 0 Å². The summed E-state index contributed by atoms with van der Waals surface area (Å²) in [5.41, 5.74) is 5.27. The molecular formula is C6H13NO2. The number of ether oxygens (including phenoxy) is 1. The summed E-state index contributed by atoms with van der Waals surface area (Å²) < 4.78 is 4.68. The molecule has 0 aliphatic rings. The van der Waals surface area contributed by atoms with Crippen LogP contribution in [0.5, 0.6) is 0 Å². The van der Waals surface area contributed by atoms with Crippen molar-refractivity contribution in [2.45, 2.75) is 13.8 Å². The lowest BCUT2D eigenvalue weighted by Gasteiger charge is -2.06. The zero-order valence-electron chi connectivity index (χ0n) is 5.89. The Bertz CT molecular complexity index is 93.1. The molecule has 0 aromatic heterocycles. The second-order valence-corrected chi connectivity index (χ2v) is 2.14. The molecule has 0 aliphatic heterocycles. The van der Waals surface area contributed by atoms with Gasteiger partial charge in [-0.1, -0.05) is 6.92 Å². The highest BCUT2D eigenvalue weighted by atomic mass is 16.5. The molecule has 0 saturated carbocycles. The number of hydrogen-bond acceptors (Lipinski definition) is 3. The van der Waals surface area contributed by atoms with Crippen molar-refractivity contribution in [2.24, 2.45) is 11.7 Å². The lowest BCUT2D eigenvalue weighted by Crippen LogP contribution is -2.17. The first kappa shape index (κ1) is 8.43. The first-order valence-electron chi connectivity index (χ1n) is 3.00. The molecule has 0 aromatic rings. The summed E-state index contributed by atoms with van der Waals surface area (Å²) in [7, 11) is 0. The van der Waals surface area contributed by atoms with E-state index in [1.54, 1.807) is 0 Å². The Hall–Kier alpha value is -0.570. The SMILES string of the molecule is CC(=O)OCC(C)CN. The van der Waals surface area contributed by atoms with Gasteiger partial charge < -0.3 is 10.5 Å². The van der Waals surface area contributed by atoms with Gasteiger partial charge in [-0.2, -0.15) is 0 Å². The maximum atomic E-state index is 10.2. The number of carbonyl (C=O) groups is 1. The van der Waals surface area contributed by atoms with Crippen molar-refractivity contribution in [3.63, 3.8) is 0 Å². The number of hydrogen-bond donors (Lipinski definition) is 1. The van der Waals surface area contributed by atoms with Crippen molar-refractivity contribution in [2.75, 3.05) is 13.2 Å². The Kier molecular flexibility index (Phi) is 4.05. The lowest BCUT2D eigenvalue weighted by atomic mass is 10.2. The van der Waals surface area contributed by atoms with Crippen LogP contribution in [0, 0.1) is 5.92 Å². The number of esters is 1. The van der Waals surface area contributed by atoms with E-state index < -0.39 is 0 Å². The van der Waals surface area contributed by atoms with Gasteiger partial charge in [-0.25, -0.2) is 0 Å². The van der Waals surface area contributed by atoms with Crippen LogP contribution in [0.3, 0.4) is 0 Å². The molecule has 2 N–H and O–H groups in total. The van der Waals surface area contributed by atoms with E-state index in [0.717, 1.165) is 0 Å². The van der Waals surface area contributed by atoms with Gasteiger partial charge in [0.2, 0.25) is 0 Å². The van der Waals surface area contributed by atoms with E-state index in [-0.39, 0.29) is 11.9 Å². The van der Waals surface area contributed by atoms with Crippen LogP contribution in [0.15, 0.2) is 0 Å². The fourth-order valence-electron chi connectivity index (χ4n) is 0.328. The molecule has 0 radical (unpaired) electrons. The summed E-state index contributed by atoms with van der Waals surface area (Å²) in [5, 5.41) is 0. The second kappa shape index (κ2) is 4.32. The van der Waals surface area contributed by atoms with E-state index in [1.165, 1.54) is 6.92 Å². The minimum Gasteiger partial charge on any atom is -0.466 e. The van der Waals surface area contributed by atoms with Gasteiger partial charge in [-0.15, -0.1) is 0 Å². The zero-order chi connectivity index (χ0) is 7.28. The predicted octanol–water partition coefficient (Wildman–Crippen LogP) is 0.144. The minimum absolute atomic E-state index is 0.240. The third-order valence-electron chi connectivity index (χ3n) is 0.973. The third kappa shape index (κ3) is 5.30. The Balaban J connectivity index is 3.16. The summed E-state index contributed by atoms with van der Waals surface area (Å²) >= 11 is 0. The van der Waals surface area contributed by atoms with E-state index in [4.69, 9.17) is 5.73 Å². The zero-order valence-corrected chi connectivity index (χ0v) is 5.89. The average molecular weight is 131 g/mol. The largest absolute Gasteiger partial charge is 0.466 e. The van der Waals surface area contributed by atoms with E-state index in [2.05, 4.69) is 4.74 Å². The van der Waals surface area contributed by atoms with E-state index >= 15 is 0 Å². The molecule has 0 aromatic carbocycles. The lowest BCUT2D eigenvalue weighted by molar-refractivity contribution is -0.142. The molecule has 0 bridgehead atoms. The summed E-state index contributed by atoms with van der Waals surface area (Å²) in [6, 6.07) is 0. The van der Waals surface area contributed by atoms with E-state index in [1.807, 2.05) is 6.92 Å². The summed E-state index contributed by atoms with van der Waals surface area (Å²) in [6.45, 7) is 4.32. The van der Waals surface area contributed by atoms with E-state index in [0.29, 0.717) is 13.2 Å². The highest BCUT2D eigenvalue weighted by Gasteiger charge is 1.99. The molecule has 0 spiro atoms. The summed E-state index contributed by atoms with van der Waals surface area (Å²) in [4.78, 5) is 10.2. The molecule has 0 heterocycles. The molecule has 1 atom stereocenters. The van der Waals surface area contributed by atoms with Crippen LogP contribution in [0.25, 0.3) is 0 Å². The molecule has 0 saturated heterocycles. The molecule has 3 nitrogen and oxygen atoms in total. The fourth-order valence-corrected chi connectivity index (χ4v) is 0.328. The van der Waals surface area contributed by atoms with Gasteiger partial charge in [0.15, 0.2) is 0 Å². The van der Waals surface area contributed by atoms with Crippen molar-refractivity contribution >= 4 is 5.97 Å². The molecule has 0 rings (SSSR count). The minimum atomic E-state index is -0.240. The number of carbonyl (C=O) groups excluding carboxylic acids is 1. The van der Waals surface area contributed by atoms with Crippen LogP contribution in [-0.4, -0.2) is 19.1 Å². The van der Waals surface area contributed by atoms with Gasteiger partial charge in [0.05, 0.1) is 6.61 Å². The van der Waals surface area contributed by atoms with Crippen molar-refractivity contribution in [3.8, 4) is 0 Å². The van der Waals surface area contributed by atoms with Crippen LogP contribution in [0.4, 0.5) is 0 Å². The van der Waals surface area contributed by atoms with Crippen LogP contribution in [0.1, 0.15) is 13.8 Å². The first-order valence-corrected chi connectivity index (χ1v) is 3.00. The quantitative estimate of drug-likeness (QED) is 0.554. The van der Waals surface area contributed by atoms with Gasteiger partial charge in [-0.05, 0) is 6.54 Å². The molecule has 9 heavy (non-hydrogen) atoms. The summed E-state index contributed by atoms with van der Waals surface area (Å²) in [6.07, 6.45) is 0. The van der Waals surface area contributed by atoms with Gasteiger partial charge >= 0.3 is 5.97 Å². The van der Waals surface area contributed by atoms with Crippen molar-refractivity contribution < 1.29 is 9.53 Å². The standard InChI is InChI=1S/C6H13NO2/c1-5(3-7)4-9-6(2)8/h5H,3-4,7H2,1-2H3. The van der Waals surface area contributed by atoms with Crippen LogP contribution >= 0.6 is 0 Å². The highest BCUT2D eigenvalue weighted by Crippen LogP contribution is 1.91. The Morgan fingerprint density at radius 2 is 2.33 bits per heavy atom. The molecule has 3 heteroatoms. The molecule has 54 valence electrons. The Morgan fingerprint density at radius 3 is 2.67 bits per heavy atom. The van der Waals surface area contributed by atoms with Gasteiger partial charge in [0, 0.05) is 12.8 Å². The molecule has 0 aliphatic carbocycles. The highest BCUT2D eigenvalue weighted by molar-refractivity contribution is 5.65. The molecule has 0 fully saturated rings. The monoisotopic (exact) mass is 131 g/mol. The van der Waals surface area contributed by atoms with Crippen LogP contribution in [-0.2, 0) is 9.53 Å². The maximum absolute atomic E-state index is 10.2. The molecular weight excluding hydrogens is 118 g/mol. The first-order chi connectivity index (χ1) is 4.16.